The van der Waals surface area contributed by atoms with Crippen molar-refractivity contribution in [2.75, 3.05) is 30.5 Å². The molecule has 0 saturated heterocycles. The van der Waals surface area contributed by atoms with E-state index in [1.165, 1.54) is 11.3 Å². The third-order valence-corrected chi connectivity index (χ3v) is 4.78. The molecule has 0 aliphatic carbocycles. The highest BCUT2D eigenvalue weighted by molar-refractivity contribution is 7.98. The predicted molar refractivity (Wildman–Crippen MR) is 98.9 cm³/mol. The first kappa shape index (κ1) is 18.7. The molecular formula is C17H29ClN2S. The first-order valence-electron chi connectivity index (χ1n) is 7.71. The Morgan fingerprint density at radius 1 is 1.33 bits per heavy atom. The maximum absolute atomic E-state index is 6.44. The van der Waals surface area contributed by atoms with E-state index in [2.05, 4.69) is 50.4 Å². The Bertz CT molecular complexity index is 423. The van der Waals surface area contributed by atoms with E-state index < -0.39 is 0 Å². The van der Waals surface area contributed by atoms with E-state index in [0.717, 1.165) is 30.3 Å². The van der Waals surface area contributed by atoms with Gasteiger partial charge in [0.15, 0.2) is 0 Å². The maximum atomic E-state index is 6.44. The van der Waals surface area contributed by atoms with E-state index in [9.17, 15) is 0 Å². The lowest BCUT2D eigenvalue weighted by Crippen LogP contribution is -2.34. The minimum atomic E-state index is 0.544. The molecule has 0 aromatic heterocycles. The average Bonchev–Trinajstić information content (AvgIpc) is 2.45. The van der Waals surface area contributed by atoms with Crippen molar-refractivity contribution >= 4 is 29.1 Å². The molecule has 0 aliphatic rings. The fourth-order valence-corrected chi connectivity index (χ4v) is 3.51. The molecule has 0 heterocycles. The monoisotopic (exact) mass is 328 g/mol. The lowest BCUT2D eigenvalue weighted by Gasteiger charge is -2.31. The van der Waals surface area contributed by atoms with Gasteiger partial charge in [-0.1, -0.05) is 38.4 Å². The Morgan fingerprint density at radius 2 is 2.05 bits per heavy atom. The van der Waals surface area contributed by atoms with Gasteiger partial charge in [0.05, 0.1) is 0 Å². The van der Waals surface area contributed by atoms with E-state index in [1.807, 2.05) is 23.9 Å². The summed E-state index contributed by atoms with van der Waals surface area (Å²) in [6, 6.07) is 6.76. The fraction of sp³-hybridized carbons (Fsp3) is 0.647. The van der Waals surface area contributed by atoms with Crippen molar-refractivity contribution in [1.29, 1.82) is 0 Å². The number of anilines is 1. The van der Waals surface area contributed by atoms with Gasteiger partial charge in [-0.15, -0.1) is 0 Å². The van der Waals surface area contributed by atoms with Crippen LogP contribution in [0, 0.1) is 5.92 Å². The molecule has 1 aromatic carbocycles. The van der Waals surface area contributed by atoms with Gasteiger partial charge >= 0.3 is 0 Å². The van der Waals surface area contributed by atoms with Gasteiger partial charge in [0, 0.05) is 41.7 Å². The van der Waals surface area contributed by atoms with Crippen molar-refractivity contribution < 1.29 is 0 Å². The molecule has 0 bridgehead atoms. The lowest BCUT2D eigenvalue weighted by molar-refractivity contribution is 0.551. The van der Waals surface area contributed by atoms with Crippen LogP contribution in [0.2, 0.25) is 5.02 Å². The predicted octanol–water partition coefficient (Wildman–Crippen LogP) is 4.66. The van der Waals surface area contributed by atoms with E-state index in [0.29, 0.717) is 12.0 Å². The molecule has 0 saturated carbocycles. The number of thioether (sulfide) groups is 1. The van der Waals surface area contributed by atoms with Gasteiger partial charge in [0.1, 0.15) is 0 Å². The molecule has 4 heteroatoms. The van der Waals surface area contributed by atoms with Crippen LogP contribution >= 0.6 is 23.4 Å². The zero-order valence-electron chi connectivity index (χ0n) is 13.9. The standard InChI is InChI=1S/C17H29ClN2S/c1-6-14(12-21-5)20(4)17-9-7-8-16(18)15(17)11-19-10-13(2)3/h7-9,13-14,19H,6,10-12H2,1-5H3. The van der Waals surface area contributed by atoms with Gasteiger partial charge in [-0.25, -0.2) is 0 Å². The number of nitrogens with zero attached hydrogens (tertiary/aromatic N) is 1. The molecule has 21 heavy (non-hydrogen) atoms. The van der Waals surface area contributed by atoms with Crippen LogP contribution < -0.4 is 10.2 Å². The van der Waals surface area contributed by atoms with Crippen LogP contribution in [0.1, 0.15) is 32.8 Å². The van der Waals surface area contributed by atoms with Crippen LogP contribution in [-0.2, 0) is 6.54 Å². The second-order valence-corrected chi connectivity index (χ2v) is 7.21. The lowest BCUT2D eigenvalue weighted by atomic mass is 10.1. The van der Waals surface area contributed by atoms with Crippen LogP contribution in [0.5, 0.6) is 0 Å². The minimum Gasteiger partial charge on any atom is -0.370 e. The Morgan fingerprint density at radius 3 is 2.62 bits per heavy atom. The summed E-state index contributed by atoms with van der Waals surface area (Å²) in [7, 11) is 2.18. The van der Waals surface area contributed by atoms with E-state index in [1.54, 1.807) is 0 Å². The molecule has 0 fully saturated rings. The maximum Gasteiger partial charge on any atom is 0.0471 e. The molecule has 1 N–H and O–H groups in total. The minimum absolute atomic E-state index is 0.544. The first-order valence-corrected chi connectivity index (χ1v) is 9.48. The number of benzene rings is 1. The summed E-state index contributed by atoms with van der Waals surface area (Å²) >= 11 is 8.34. The second-order valence-electron chi connectivity index (χ2n) is 5.89. The molecule has 1 unspecified atom stereocenters. The summed E-state index contributed by atoms with van der Waals surface area (Å²) in [6.07, 6.45) is 3.31. The fourth-order valence-electron chi connectivity index (χ4n) is 2.43. The van der Waals surface area contributed by atoms with E-state index in [4.69, 9.17) is 11.6 Å². The van der Waals surface area contributed by atoms with Gasteiger partial charge in [0.25, 0.3) is 0 Å². The van der Waals surface area contributed by atoms with Crippen LogP contribution in [0.4, 0.5) is 5.69 Å². The Balaban J connectivity index is 2.92. The Hall–Kier alpha value is -0.380. The van der Waals surface area contributed by atoms with Gasteiger partial charge in [-0.2, -0.15) is 11.8 Å². The van der Waals surface area contributed by atoms with Crippen molar-refractivity contribution in [2.24, 2.45) is 5.92 Å². The molecule has 0 amide bonds. The van der Waals surface area contributed by atoms with Crippen LogP contribution in [-0.4, -0.2) is 31.6 Å². The van der Waals surface area contributed by atoms with Gasteiger partial charge < -0.3 is 10.2 Å². The number of hydrogen-bond donors (Lipinski definition) is 1. The summed E-state index contributed by atoms with van der Waals surface area (Å²) in [4.78, 5) is 2.38. The van der Waals surface area contributed by atoms with Crippen LogP contribution in [0.3, 0.4) is 0 Å². The number of rotatable bonds is 9. The van der Waals surface area contributed by atoms with Crippen molar-refractivity contribution in [3.8, 4) is 0 Å². The van der Waals surface area contributed by atoms with E-state index >= 15 is 0 Å². The third-order valence-electron chi connectivity index (χ3n) is 3.71. The van der Waals surface area contributed by atoms with E-state index in [-0.39, 0.29) is 0 Å². The summed E-state index contributed by atoms with van der Waals surface area (Å²) < 4.78 is 0. The van der Waals surface area contributed by atoms with Crippen LogP contribution in [0.15, 0.2) is 18.2 Å². The zero-order valence-corrected chi connectivity index (χ0v) is 15.5. The first-order chi connectivity index (χ1) is 10.0. The van der Waals surface area contributed by atoms with Gasteiger partial charge in [-0.05, 0) is 37.3 Å². The second kappa shape index (κ2) is 9.60. The van der Waals surface area contributed by atoms with Crippen molar-refractivity contribution in [3.05, 3.63) is 28.8 Å². The smallest absolute Gasteiger partial charge is 0.0471 e. The molecule has 1 rings (SSSR count). The SMILES string of the molecule is CCC(CSC)N(C)c1cccc(Cl)c1CNCC(C)C. The number of hydrogen-bond acceptors (Lipinski definition) is 3. The molecule has 0 radical (unpaired) electrons. The van der Waals surface area contributed by atoms with Gasteiger partial charge in [-0.3, -0.25) is 0 Å². The third kappa shape index (κ3) is 5.72. The number of halogens is 1. The summed E-state index contributed by atoms with van der Waals surface area (Å²) in [5.41, 5.74) is 2.46. The highest BCUT2D eigenvalue weighted by Gasteiger charge is 2.17. The molecule has 0 aliphatic heterocycles. The van der Waals surface area contributed by atoms with Crippen molar-refractivity contribution in [3.63, 3.8) is 0 Å². The molecular weight excluding hydrogens is 300 g/mol. The number of nitrogens with one attached hydrogen (secondary N) is 1. The van der Waals surface area contributed by atoms with Crippen LogP contribution in [0.25, 0.3) is 0 Å². The normalized spacial score (nSPS) is 12.7. The molecule has 1 atom stereocenters. The largest absolute Gasteiger partial charge is 0.370 e. The molecule has 120 valence electrons. The molecule has 0 spiro atoms. The summed E-state index contributed by atoms with van der Waals surface area (Å²) in [5, 5.41) is 4.37. The summed E-state index contributed by atoms with van der Waals surface area (Å²) in [5.74, 6) is 1.78. The molecule has 1 aromatic rings. The van der Waals surface area contributed by atoms with Gasteiger partial charge in [0.2, 0.25) is 0 Å². The highest BCUT2D eigenvalue weighted by Crippen LogP contribution is 2.29. The summed E-state index contributed by atoms with van der Waals surface area (Å²) in [6.45, 7) is 8.53. The van der Waals surface area contributed by atoms with Crippen molar-refractivity contribution in [2.45, 2.75) is 39.8 Å². The Labute approximate surface area is 139 Å². The zero-order chi connectivity index (χ0) is 15.8. The quantitative estimate of drug-likeness (QED) is 0.709. The topological polar surface area (TPSA) is 15.3 Å². The van der Waals surface area contributed by atoms with Crippen molar-refractivity contribution in [1.82, 2.24) is 5.32 Å². The molecule has 2 nitrogen and oxygen atoms in total. The highest BCUT2D eigenvalue weighted by atomic mass is 35.5. The Kier molecular flexibility index (Phi) is 8.53. The average molecular weight is 329 g/mol.